The predicted molar refractivity (Wildman–Crippen MR) is 67.9 cm³/mol. The third-order valence-electron chi connectivity index (χ3n) is 2.30. The van der Waals surface area contributed by atoms with Crippen molar-refractivity contribution in [3.05, 3.63) is 0 Å². The maximum atomic E-state index is 5.73. The molecule has 0 aliphatic heterocycles. The average Bonchev–Trinajstić information content (AvgIpc) is 2.31. The minimum Gasteiger partial charge on any atom is -0.374 e. The van der Waals surface area contributed by atoms with Crippen molar-refractivity contribution < 1.29 is 22.8 Å². The molecule has 0 aromatic carbocycles. The second-order valence-electron chi connectivity index (χ2n) is 3.42. The molecule has 0 N–H and O–H groups in total. The smallest absolute Gasteiger partial charge is 0.374 e. The number of ether oxygens (including phenoxy) is 2. The van der Waals surface area contributed by atoms with E-state index in [-0.39, 0.29) is 6.29 Å². The first kappa shape index (κ1) is 17.0. The first-order valence-electron chi connectivity index (χ1n) is 6.15. The minimum atomic E-state index is -2.55. The molecule has 5 nitrogen and oxygen atoms in total. The summed E-state index contributed by atoms with van der Waals surface area (Å²) in [5.41, 5.74) is 0. The van der Waals surface area contributed by atoms with Crippen LogP contribution < -0.4 is 0 Å². The molecule has 0 aliphatic rings. The molecule has 0 aliphatic carbocycles. The molecule has 0 spiro atoms. The summed E-state index contributed by atoms with van der Waals surface area (Å²) in [7, 11) is 0.698. The van der Waals surface area contributed by atoms with Crippen molar-refractivity contribution in [2.45, 2.75) is 39.5 Å². The molecular weight excluding hydrogens is 240 g/mol. The Balaban J connectivity index is 4.41. The van der Waals surface area contributed by atoms with Crippen molar-refractivity contribution in [2.75, 3.05) is 34.0 Å². The highest BCUT2D eigenvalue weighted by Gasteiger charge is 2.40. The van der Waals surface area contributed by atoms with Crippen molar-refractivity contribution in [2.24, 2.45) is 0 Å². The van der Waals surface area contributed by atoms with Gasteiger partial charge in [-0.1, -0.05) is 0 Å². The third-order valence-corrected chi connectivity index (χ3v) is 5.39. The van der Waals surface area contributed by atoms with Crippen LogP contribution in [0.5, 0.6) is 0 Å². The molecule has 0 saturated carbocycles. The summed E-state index contributed by atoms with van der Waals surface area (Å²) in [6.07, 6.45) is 0.474. The quantitative estimate of drug-likeness (QED) is 0.423. The molecule has 0 amide bonds. The van der Waals surface area contributed by atoms with Crippen molar-refractivity contribution in [1.82, 2.24) is 0 Å². The number of methoxy groups -OCH3 is 2. The van der Waals surface area contributed by atoms with Gasteiger partial charge in [-0.05, 0) is 20.8 Å². The van der Waals surface area contributed by atoms with E-state index in [1.165, 1.54) is 0 Å². The maximum Gasteiger partial charge on any atom is 0.501 e. The van der Waals surface area contributed by atoms with Gasteiger partial charge in [-0.3, -0.25) is 0 Å². The monoisotopic (exact) mass is 266 g/mol. The lowest BCUT2D eigenvalue weighted by Crippen LogP contribution is -2.46. The lowest BCUT2D eigenvalue weighted by Gasteiger charge is -2.29. The van der Waals surface area contributed by atoms with Crippen LogP contribution in [0.2, 0.25) is 6.04 Å². The molecule has 104 valence electrons. The van der Waals surface area contributed by atoms with Crippen LogP contribution in [0, 0.1) is 0 Å². The highest BCUT2D eigenvalue weighted by molar-refractivity contribution is 6.60. The van der Waals surface area contributed by atoms with E-state index >= 15 is 0 Å². The zero-order valence-electron chi connectivity index (χ0n) is 11.7. The van der Waals surface area contributed by atoms with Crippen LogP contribution in [-0.4, -0.2) is 49.1 Å². The second-order valence-corrected chi connectivity index (χ2v) is 6.15. The molecule has 0 bridgehead atoms. The van der Waals surface area contributed by atoms with E-state index in [4.69, 9.17) is 22.8 Å². The normalized spacial score (nSPS) is 12.4. The van der Waals surface area contributed by atoms with E-state index in [0.717, 1.165) is 0 Å². The van der Waals surface area contributed by atoms with Gasteiger partial charge >= 0.3 is 8.80 Å². The summed E-state index contributed by atoms with van der Waals surface area (Å²) in [5, 5.41) is 0. The van der Waals surface area contributed by atoms with Crippen LogP contribution in [0.3, 0.4) is 0 Å². The Hall–Kier alpha value is 0.0169. The van der Waals surface area contributed by atoms with Gasteiger partial charge in [0.05, 0.1) is 0 Å². The summed E-state index contributed by atoms with van der Waals surface area (Å²) >= 11 is 0. The molecule has 6 heteroatoms. The molecule has 17 heavy (non-hydrogen) atoms. The van der Waals surface area contributed by atoms with Gasteiger partial charge in [-0.15, -0.1) is 0 Å². The summed E-state index contributed by atoms with van der Waals surface area (Å²) in [6.45, 7) is 7.63. The zero-order chi connectivity index (χ0) is 13.1. The Kier molecular flexibility index (Phi) is 10.00. The van der Waals surface area contributed by atoms with Gasteiger partial charge in [-0.2, -0.15) is 0 Å². The van der Waals surface area contributed by atoms with Gasteiger partial charge < -0.3 is 22.8 Å². The van der Waals surface area contributed by atoms with Crippen molar-refractivity contribution in [3.63, 3.8) is 0 Å². The van der Waals surface area contributed by atoms with Crippen LogP contribution in [0.4, 0.5) is 0 Å². The zero-order valence-corrected chi connectivity index (χ0v) is 12.7. The highest BCUT2D eigenvalue weighted by atomic mass is 28.4. The Bertz CT molecular complexity index is 158. The average molecular weight is 266 g/mol. The van der Waals surface area contributed by atoms with Gasteiger partial charge in [0.15, 0.2) is 6.29 Å². The topological polar surface area (TPSA) is 46.2 Å². The fourth-order valence-electron chi connectivity index (χ4n) is 1.63. The van der Waals surface area contributed by atoms with Crippen molar-refractivity contribution in [1.29, 1.82) is 0 Å². The Morgan fingerprint density at radius 2 is 1.24 bits per heavy atom. The van der Waals surface area contributed by atoms with Gasteiger partial charge in [0.1, 0.15) is 0 Å². The molecule has 0 aromatic heterocycles. The molecule has 0 aromatic rings. The van der Waals surface area contributed by atoms with Crippen LogP contribution in [0.25, 0.3) is 0 Å². The van der Waals surface area contributed by atoms with E-state index < -0.39 is 8.80 Å². The lowest BCUT2D eigenvalue weighted by molar-refractivity contribution is -0.105. The largest absolute Gasteiger partial charge is 0.501 e. The number of hydrogen-bond donors (Lipinski definition) is 0. The lowest BCUT2D eigenvalue weighted by atomic mass is 10.5. The van der Waals surface area contributed by atoms with Crippen LogP contribution >= 0.6 is 0 Å². The fourth-order valence-corrected chi connectivity index (χ4v) is 4.22. The standard InChI is InChI=1S/C11H26O5Si/c1-6-14-17(15-7-2,16-8-3)10-9-11(12-4)13-5/h11H,6-10H2,1-5H3. The molecule has 0 saturated heterocycles. The predicted octanol–water partition coefficient (Wildman–Crippen LogP) is 2.04. The van der Waals surface area contributed by atoms with Gasteiger partial charge in [0.25, 0.3) is 0 Å². The van der Waals surface area contributed by atoms with E-state index in [9.17, 15) is 0 Å². The first-order valence-corrected chi connectivity index (χ1v) is 8.08. The van der Waals surface area contributed by atoms with Crippen LogP contribution in [0.1, 0.15) is 27.2 Å². The van der Waals surface area contributed by atoms with Crippen molar-refractivity contribution >= 4 is 8.80 Å². The Labute approximate surface area is 106 Å². The van der Waals surface area contributed by atoms with E-state index in [0.29, 0.717) is 32.3 Å². The van der Waals surface area contributed by atoms with Gasteiger partial charge in [0.2, 0.25) is 0 Å². The molecule has 0 unspecified atom stereocenters. The van der Waals surface area contributed by atoms with Crippen LogP contribution in [0.15, 0.2) is 0 Å². The SMILES string of the molecule is CCO[Si](CCC(OC)OC)(OCC)OCC. The van der Waals surface area contributed by atoms with Crippen LogP contribution in [-0.2, 0) is 22.8 Å². The van der Waals surface area contributed by atoms with Gasteiger partial charge in [-0.25, -0.2) is 0 Å². The number of hydrogen-bond acceptors (Lipinski definition) is 5. The van der Waals surface area contributed by atoms with E-state index in [2.05, 4.69) is 0 Å². The Morgan fingerprint density at radius 3 is 1.53 bits per heavy atom. The maximum absolute atomic E-state index is 5.73. The molecule has 0 fully saturated rings. The van der Waals surface area contributed by atoms with Gasteiger partial charge in [0, 0.05) is 46.5 Å². The molecular formula is C11H26O5Si. The first-order chi connectivity index (χ1) is 8.17. The van der Waals surface area contributed by atoms with E-state index in [1.54, 1.807) is 14.2 Å². The molecule has 0 rings (SSSR count). The Morgan fingerprint density at radius 1 is 0.824 bits per heavy atom. The molecule has 0 heterocycles. The third kappa shape index (κ3) is 6.49. The van der Waals surface area contributed by atoms with Crippen molar-refractivity contribution in [3.8, 4) is 0 Å². The summed E-state index contributed by atoms with van der Waals surface area (Å²) in [5.74, 6) is 0. The molecule has 0 radical (unpaired) electrons. The minimum absolute atomic E-state index is 0.233. The fraction of sp³-hybridized carbons (Fsp3) is 1.00. The summed E-state index contributed by atoms with van der Waals surface area (Å²) in [6, 6.07) is 0.703. The summed E-state index contributed by atoms with van der Waals surface area (Å²) < 4.78 is 27.5. The number of rotatable bonds is 11. The molecule has 0 atom stereocenters. The van der Waals surface area contributed by atoms with E-state index in [1.807, 2.05) is 20.8 Å². The summed E-state index contributed by atoms with van der Waals surface area (Å²) in [4.78, 5) is 0. The second kappa shape index (κ2) is 9.99. The highest BCUT2D eigenvalue weighted by Crippen LogP contribution is 2.20.